The first-order chi connectivity index (χ1) is 7.22. The van der Waals surface area contributed by atoms with Gasteiger partial charge >= 0.3 is 0 Å². The van der Waals surface area contributed by atoms with Crippen LogP contribution in [-0.4, -0.2) is 19.3 Å². The van der Waals surface area contributed by atoms with E-state index < -0.39 is 12.4 Å². The Balaban J connectivity index is 2.79. The third-order valence-corrected chi connectivity index (χ3v) is 1.97. The smallest absolute Gasteiger partial charge is 0.216 e. The van der Waals surface area contributed by atoms with Gasteiger partial charge in [-0.3, -0.25) is 0 Å². The highest BCUT2D eigenvalue weighted by molar-refractivity contribution is 5.13. The van der Waals surface area contributed by atoms with Crippen LogP contribution in [0.4, 0.5) is 0 Å². The largest absolute Gasteiger partial charge is 0.458 e. The Hall–Kier alpha value is -1.10. The van der Waals surface area contributed by atoms with Gasteiger partial charge in [0.2, 0.25) is 6.29 Å². The first-order valence-electron chi connectivity index (χ1n) is 4.69. The van der Waals surface area contributed by atoms with Crippen LogP contribution in [0.1, 0.15) is 30.8 Å². The van der Waals surface area contributed by atoms with Gasteiger partial charge in [0.25, 0.3) is 0 Å². The molecule has 0 aliphatic heterocycles. The monoisotopic (exact) mass is 212 g/mol. The zero-order valence-corrected chi connectivity index (χ0v) is 9.14. The summed E-state index contributed by atoms with van der Waals surface area (Å²) in [5.41, 5.74) is 0. The van der Waals surface area contributed by atoms with Gasteiger partial charge in [0, 0.05) is 14.2 Å². The van der Waals surface area contributed by atoms with Gasteiger partial charge in [-0.1, -0.05) is 12.2 Å². The summed E-state index contributed by atoms with van der Waals surface area (Å²) in [6.07, 6.45) is 2.14. The molecule has 0 aromatic carbocycles. The van der Waals surface area contributed by atoms with Crippen molar-refractivity contribution in [2.24, 2.45) is 0 Å². The van der Waals surface area contributed by atoms with E-state index in [1.54, 1.807) is 24.3 Å². The molecule has 0 fully saturated rings. The molecule has 0 spiro atoms. The highest BCUT2D eigenvalue weighted by Gasteiger charge is 2.16. The maximum absolute atomic E-state index is 9.60. The van der Waals surface area contributed by atoms with Crippen molar-refractivity contribution in [2.45, 2.75) is 19.3 Å². The fourth-order valence-electron chi connectivity index (χ4n) is 1.26. The van der Waals surface area contributed by atoms with Gasteiger partial charge in [0.15, 0.2) is 5.76 Å². The van der Waals surface area contributed by atoms with E-state index in [2.05, 4.69) is 0 Å². The summed E-state index contributed by atoms with van der Waals surface area (Å²) in [7, 11) is 3.05. The zero-order valence-electron chi connectivity index (χ0n) is 9.14. The van der Waals surface area contributed by atoms with Crippen LogP contribution >= 0.6 is 0 Å². The van der Waals surface area contributed by atoms with Gasteiger partial charge < -0.3 is 19.0 Å². The first kappa shape index (κ1) is 12.0. The van der Waals surface area contributed by atoms with E-state index in [4.69, 9.17) is 13.9 Å². The van der Waals surface area contributed by atoms with Gasteiger partial charge in [-0.2, -0.15) is 0 Å². The lowest BCUT2D eigenvalue weighted by Crippen LogP contribution is -2.01. The zero-order chi connectivity index (χ0) is 11.3. The molecule has 1 N–H and O–H groups in total. The SMILES string of the molecule is C/C=C/C(O)c1ccc(C(OC)OC)o1. The second-order valence-electron chi connectivity index (χ2n) is 3.01. The predicted octanol–water partition coefficient (Wildman–Crippen LogP) is 2.18. The molecule has 0 radical (unpaired) electrons. The highest BCUT2D eigenvalue weighted by Crippen LogP contribution is 2.24. The molecule has 0 aliphatic carbocycles. The normalized spacial score (nSPS) is 13.9. The Bertz CT molecular complexity index is 312. The molecular formula is C11H16O4. The fourth-order valence-corrected chi connectivity index (χ4v) is 1.26. The van der Waals surface area contributed by atoms with Crippen molar-refractivity contribution in [3.8, 4) is 0 Å². The average Bonchev–Trinajstić information content (AvgIpc) is 2.69. The van der Waals surface area contributed by atoms with Crippen LogP contribution in [-0.2, 0) is 9.47 Å². The van der Waals surface area contributed by atoms with E-state index in [1.165, 1.54) is 14.2 Å². The number of hydrogen-bond acceptors (Lipinski definition) is 4. The average molecular weight is 212 g/mol. The minimum absolute atomic E-state index is 0.474. The van der Waals surface area contributed by atoms with E-state index in [1.807, 2.05) is 6.92 Å². The van der Waals surface area contributed by atoms with Crippen molar-refractivity contribution in [2.75, 3.05) is 14.2 Å². The van der Waals surface area contributed by atoms with Crippen LogP contribution < -0.4 is 0 Å². The summed E-state index contributed by atoms with van der Waals surface area (Å²) in [6.45, 7) is 1.83. The summed E-state index contributed by atoms with van der Waals surface area (Å²) in [6, 6.07) is 3.42. The molecule has 1 rings (SSSR count). The second kappa shape index (κ2) is 5.70. The molecule has 15 heavy (non-hydrogen) atoms. The maximum Gasteiger partial charge on any atom is 0.216 e. The number of aliphatic hydroxyl groups excluding tert-OH is 1. The lowest BCUT2D eigenvalue weighted by atomic mass is 10.2. The Morgan fingerprint density at radius 1 is 1.27 bits per heavy atom. The van der Waals surface area contributed by atoms with Crippen molar-refractivity contribution >= 4 is 0 Å². The van der Waals surface area contributed by atoms with Crippen LogP contribution in [0.25, 0.3) is 0 Å². The topological polar surface area (TPSA) is 51.8 Å². The molecule has 84 valence electrons. The number of aliphatic hydroxyl groups is 1. The summed E-state index contributed by atoms with van der Waals surface area (Å²) in [5.74, 6) is 1.01. The minimum atomic E-state index is -0.724. The predicted molar refractivity (Wildman–Crippen MR) is 55.2 cm³/mol. The van der Waals surface area contributed by atoms with Crippen molar-refractivity contribution in [3.05, 3.63) is 35.8 Å². The van der Waals surface area contributed by atoms with Crippen LogP contribution in [0, 0.1) is 0 Å². The Morgan fingerprint density at radius 2 is 1.87 bits per heavy atom. The highest BCUT2D eigenvalue weighted by atomic mass is 16.7. The van der Waals surface area contributed by atoms with E-state index in [-0.39, 0.29) is 0 Å². The van der Waals surface area contributed by atoms with Crippen LogP contribution in [0.15, 0.2) is 28.7 Å². The maximum atomic E-state index is 9.60. The number of rotatable bonds is 5. The van der Waals surface area contributed by atoms with Gasteiger partial charge in [-0.05, 0) is 19.1 Å². The number of ether oxygens (including phenoxy) is 2. The molecule has 0 saturated heterocycles. The molecule has 4 nitrogen and oxygen atoms in total. The molecule has 1 aromatic rings. The molecule has 4 heteroatoms. The quantitative estimate of drug-likeness (QED) is 0.600. The van der Waals surface area contributed by atoms with E-state index in [0.717, 1.165) is 0 Å². The van der Waals surface area contributed by atoms with Crippen LogP contribution in [0.5, 0.6) is 0 Å². The Morgan fingerprint density at radius 3 is 2.40 bits per heavy atom. The Labute approximate surface area is 89.1 Å². The van der Waals surface area contributed by atoms with E-state index >= 15 is 0 Å². The summed E-state index contributed by atoms with van der Waals surface area (Å²) >= 11 is 0. The molecule has 1 unspecified atom stereocenters. The molecule has 0 aliphatic rings. The first-order valence-corrected chi connectivity index (χ1v) is 4.69. The third kappa shape index (κ3) is 2.92. The van der Waals surface area contributed by atoms with Gasteiger partial charge in [-0.25, -0.2) is 0 Å². The van der Waals surface area contributed by atoms with Gasteiger partial charge in [0.05, 0.1) is 0 Å². The number of hydrogen-bond donors (Lipinski definition) is 1. The van der Waals surface area contributed by atoms with Gasteiger partial charge in [0.1, 0.15) is 11.9 Å². The van der Waals surface area contributed by atoms with Crippen LogP contribution in [0.3, 0.4) is 0 Å². The second-order valence-corrected chi connectivity index (χ2v) is 3.01. The summed E-state index contributed by atoms with van der Waals surface area (Å²) < 4.78 is 15.4. The molecule has 1 aromatic heterocycles. The van der Waals surface area contributed by atoms with Crippen molar-refractivity contribution in [3.63, 3.8) is 0 Å². The third-order valence-electron chi connectivity index (χ3n) is 1.97. The summed E-state index contributed by atoms with van der Waals surface area (Å²) in [5, 5.41) is 9.60. The van der Waals surface area contributed by atoms with E-state index in [9.17, 15) is 5.11 Å². The molecule has 1 atom stereocenters. The molecular weight excluding hydrogens is 196 g/mol. The standard InChI is InChI=1S/C11H16O4/c1-4-5-8(12)9-6-7-10(15-9)11(13-2)14-3/h4-8,11-12H,1-3H3/b5-4+. The summed E-state index contributed by atoms with van der Waals surface area (Å²) in [4.78, 5) is 0. The van der Waals surface area contributed by atoms with E-state index in [0.29, 0.717) is 11.5 Å². The number of furan rings is 1. The van der Waals surface area contributed by atoms with Crippen molar-refractivity contribution < 1.29 is 19.0 Å². The number of allylic oxidation sites excluding steroid dienone is 1. The molecule has 0 saturated carbocycles. The molecule has 0 bridgehead atoms. The number of methoxy groups -OCH3 is 2. The lowest BCUT2D eigenvalue weighted by molar-refractivity contribution is -0.118. The van der Waals surface area contributed by atoms with Gasteiger partial charge in [-0.15, -0.1) is 0 Å². The Kier molecular flexibility index (Phi) is 4.55. The molecule has 1 heterocycles. The van der Waals surface area contributed by atoms with Crippen LogP contribution in [0.2, 0.25) is 0 Å². The minimum Gasteiger partial charge on any atom is -0.458 e. The fraction of sp³-hybridized carbons (Fsp3) is 0.455. The lowest BCUT2D eigenvalue weighted by Gasteiger charge is -2.09. The van der Waals surface area contributed by atoms with Crippen molar-refractivity contribution in [1.29, 1.82) is 0 Å². The van der Waals surface area contributed by atoms with Crippen molar-refractivity contribution in [1.82, 2.24) is 0 Å². The molecule has 0 amide bonds.